The summed E-state index contributed by atoms with van der Waals surface area (Å²) in [6.45, 7) is 1.90. The first-order valence-electron chi connectivity index (χ1n) is 8.84. The zero-order valence-corrected chi connectivity index (χ0v) is 16.7. The molecule has 0 saturated carbocycles. The van der Waals surface area contributed by atoms with E-state index in [4.69, 9.17) is 4.42 Å². The normalized spacial score (nSPS) is 10.9. The molecule has 0 bridgehead atoms. The zero-order chi connectivity index (χ0) is 21.4. The van der Waals surface area contributed by atoms with Gasteiger partial charge in [-0.05, 0) is 54.4 Å². The highest BCUT2D eigenvalue weighted by Gasteiger charge is 2.17. The largest absolute Gasteiger partial charge is 0.437 e. The highest BCUT2D eigenvalue weighted by Crippen LogP contribution is 2.34. The van der Waals surface area contributed by atoms with Crippen molar-refractivity contribution >= 4 is 22.9 Å². The van der Waals surface area contributed by atoms with Crippen LogP contribution >= 0.6 is 11.3 Å². The van der Waals surface area contributed by atoms with Crippen molar-refractivity contribution in [3.8, 4) is 21.9 Å². The number of aryl methyl sites for hydroxylation is 2. The van der Waals surface area contributed by atoms with Crippen LogP contribution in [-0.4, -0.2) is 15.7 Å². The van der Waals surface area contributed by atoms with E-state index in [2.05, 4.69) is 10.4 Å². The number of amides is 1. The van der Waals surface area contributed by atoms with Gasteiger partial charge in [0.15, 0.2) is 0 Å². The second kappa shape index (κ2) is 7.68. The molecule has 0 fully saturated rings. The number of thiophene rings is 1. The van der Waals surface area contributed by atoms with Crippen LogP contribution in [0.2, 0.25) is 0 Å². The number of hydrogen-bond acceptors (Lipinski definition) is 5. The molecule has 0 aliphatic carbocycles. The number of hydrogen-bond donors (Lipinski definition) is 1. The number of benzene rings is 2. The van der Waals surface area contributed by atoms with Crippen molar-refractivity contribution in [2.45, 2.75) is 6.92 Å². The first-order chi connectivity index (χ1) is 14.3. The van der Waals surface area contributed by atoms with Crippen LogP contribution in [-0.2, 0) is 7.05 Å². The minimum Gasteiger partial charge on any atom is -0.388 e. The Kier molecular flexibility index (Phi) is 5.04. The molecule has 2 heterocycles. The third-order valence-electron chi connectivity index (χ3n) is 4.47. The third kappa shape index (κ3) is 3.67. The van der Waals surface area contributed by atoms with E-state index in [1.165, 1.54) is 24.5 Å². The average Bonchev–Trinajstić information content (AvgIpc) is 3.32. The molecule has 9 heteroatoms. The van der Waals surface area contributed by atoms with Gasteiger partial charge in [-0.25, -0.2) is 13.6 Å². The van der Waals surface area contributed by atoms with Crippen LogP contribution in [0.4, 0.5) is 14.5 Å². The van der Waals surface area contributed by atoms with Gasteiger partial charge in [-0.3, -0.25) is 4.79 Å². The van der Waals surface area contributed by atoms with Crippen LogP contribution in [0.3, 0.4) is 0 Å². The standard InChI is InChI=1S/C21H15F2N3O3S/c1-11-6-7-12(20-25-26(2)21(28)29-20)10-13(11)16-8-9-17(30-16)19(27)24-18-14(22)4-3-5-15(18)23/h3-10H,1-2H3,(H,24,27). The van der Waals surface area contributed by atoms with Gasteiger partial charge in [-0.1, -0.05) is 12.1 Å². The summed E-state index contributed by atoms with van der Waals surface area (Å²) in [5.74, 6) is -2.68. The lowest BCUT2D eigenvalue weighted by Gasteiger charge is -2.06. The number of nitrogens with one attached hydrogen (secondary N) is 1. The van der Waals surface area contributed by atoms with E-state index >= 15 is 0 Å². The third-order valence-corrected chi connectivity index (χ3v) is 5.59. The van der Waals surface area contributed by atoms with Gasteiger partial charge in [0.1, 0.15) is 17.3 Å². The summed E-state index contributed by atoms with van der Waals surface area (Å²) in [6.07, 6.45) is 0. The van der Waals surface area contributed by atoms with E-state index in [1.807, 2.05) is 19.1 Å². The second-order valence-corrected chi connectivity index (χ2v) is 7.62. The Balaban J connectivity index is 1.64. The maximum atomic E-state index is 13.8. The molecule has 0 aliphatic heterocycles. The lowest BCUT2D eigenvalue weighted by atomic mass is 10.0. The van der Waals surface area contributed by atoms with Gasteiger partial charge >= 0.3 is 5.76 Å². The van der Waals surface area contributed by atoms with Crippen molar-refractivity contribution in [2.75, 3.05) is 5.32 Å². The summed E-state index contributed by atoms with van der Waals surface area (Å²) in [5, 5.41) is 6.33. The van der Waals surface area contributed by atoms with Crippen LogP contribution in [0.1, 0.15) is 15.2 Å². The van der Waals surface area contributed by atoms with E-state index < -0.39 is 29.0 Å². The summed E-state index contributed by atoms with van der Waals surface area (Å²) < 4.78 is 33.8. The molecule has 4 rings (SSSR count). The van der Waals surface area contributed by atoms with Crippen LogP contribution in [0.25, 0.3) is 21.9 Å². The molecule has 0 spiro atoms. The fraction of sp³-hybridized carbons (Fsp3) is 0.0952. The number of anilines is 1. The van der Waals surface area contributed by atoms with E-state index in [-0.39, 0.29) is 5.89 Å². The SMILES string of the molecule is Cc1ccc(-c2nn(C)c(=O)o2)cc1-c1ccc(C(=O)Nc2c(F)cccc2F)s1. The maximum Gasteiger partial charge on any atom is 0.437 e. The Morgan fingerprint density at radius 2 is 1.87 bits per heavy atom. The molecule has 0 radical (unpaired) electrons. The Morgan fingerprint density at radius 3 is 2.53 bits per heavy atom. The van der Waals surface area contributed by atoms with Crippen molar-refractivity contribution in [3.63, 3.8) is 0 Å². The van der Waals surface area contributed by atoms with Crippen LogP contribution in [0.15, 0.2) is 57.7 Å². The smallest absolute Gasteiger partial charge is 0.388 e. The van der Waals surface area contributed by atoms with Gasteiger partial charge in [0, 0.05) is 17.5 Å². The van der Waals surface area contributed by atoms with Crippen molar-refractivity contribution in [1.29, 1.82) is 0 Å². The average molecular weight is 427 g/mol. The minimum atomic E-state index is -0.847. The fourth-order valence-electron chi connectivity index (χ4n) is 2.88. The van der Waals surface area contributed by atoms with E-state index in [9.17, 15) is 18.4 Å². The van der Waals surface area contributed by atoms with Crippen molar-refractivity contribution in [1.82, 2.24) is 9.78 Å². The van der Waals surface area contributed by atoms with Gasteiger partial charge in [-0.2, -0.15) is 4.68 Å². The molecule has 4 aromatic rings. The highest BCUT2D eigenvalue weighted by atomic mass is 32.1. The molecular formula is C21H15F2N3O3S. The number of carbonyl (C=O) groups is 1. The van der Waals surface area contributed by atoms with Crippen molar-refractivity contribution in [3.05, 3.63) is 81.2 Å². The summed E-state index contributed by atoms with van der Waals surface area (Å²) in [6, 6.07) is 12.2. The molecule has 0 saturated heterocycles. The number of para-hydroxylation sites is 1. The Hall–Kier alpha value is -3.59. The molecule has 0 unspecified atom stereocenters. The molecule has 2 aromatic heterocycles. The van der Waals surface area contributed by atoms with Crippen molar-refractivity contribution < 1.29 is 18.0 Å². The first-order valence-corrected chi connectivity index (χ1v) is 9.66. The number of rotatable bonds is 4. The molecule has 1 N–H and O–H groups in total. The highest BCUT2D eigenvalue weighted by molar-refractivity contribution is 7.17. The lowest BCUT2D eigenvalue weighted by Crippen LogP contribution is -2.12. The molecule has 0 atom stereocenters. The Bertz CT molecular complexity index is 1300. The summed E-state index contributed by atoms with van der Waals surface area (Å²) in [4.78, 5) is 25.1. The predicted molar refractivity (Wildman–Crippen MR) is 110 cm³/mol. The molecule has 0 aliphatic rings. The number of nitrogens with zero attached hydrogens (tertiary/aromatic N) is 2. The first kappa shape index (κ1) is 19.7. The molecule has 1 amide bonds. The summed E-state index contributed by atoms with van der Waals surface area (Å²) in [5.41, 5.74) is 1.88. The summed E-state index contributed by atoms with van der Waals surface area (Å²) in [7, 11) is 1.49. The second-order valence-electron chi connectivity index (χ2n) is 6.54. The zero-order valence-electron chi connectivity index (χ0n) is 15.9. The molecule has 2 aromatic carbocycles. The van der Waals surface area contributed by atoms with E-state index in [0.29, 0.717) is 10.4 Å². The molecule has 152 valence electrons. The van der Waals surface area contributed by atoms with Crippen molar-refractivity contribution in [2.24, 2.45) is 7.05 Å². The van der Waals surface area contributed by atoms with Crippen LogP contribution in [0.5, 0.6) is 0 Å². The van der Waals surface area contributed by atoms with Gasteiger partial charge in [0.25, 0.3) is 5.91 Å². The van der Waals surface area contributed by atoms with Gasteiger partial charge < -0.3 is 9.73 Å². The Morgan fingerprint density at radius 1 is 1.13 bits per heavy atom. The van der Waals surface area contributed by atoms with Gasteiger partial charge in [-0.15, -0.1) is 16.4 Å². The van der Waals surface area contributed by atoms with E-state index in [0.717, 1.165) is 32.8 Å². The van der Waals surface area contributed by atoms with Crippen LogP contribution < -0.4 is 11.1 Å². The number of aromatic nitrogens is 2. The fourth-order valence-corrected chi connectivity index (χ4v) is 3.86. The van der Waals surface area contributed by atoms with Crippen LogP contribution in [0, 0.1) is 18.6 Å². The number of halogens is 2. The molecular weight excluding hydrogens is 412 g/mol. The monoisotopic (exact) mass is 427 g/mol. The quantitative estimate of drug-likeness (QED) is 0.516. The molecule has 30 heavy (non-hydrogen) atoms. The topological polar surface area (TPSA) is 77.1 Å². The summed E-state index contributed by atoms with van der Waals surface area (Å²) >= 11 is 1.18. The maximum absolute atomic E-state index is 13.8. The molecule has 6 nitrogen and oxygen atoms in total. The van der Waals surface area contributed by atoms with E-state index in [1.54, 1.807) is 18.2 Å². The lowest BCUT2D eigenvalue weighted by molar-refractivity contribution is 0.102. The van der Waals surface area contributed by atoms with Gasteiger partial charge in [0.2, 0.25) is 5.89 Å². The Labute approximate surface area is 173 Å². The van der Waals surface area contributed by atoms with Gasteiger partial charge in [0.05, 0.1) is 4.88 Å². The predicted octanol–water partition coefficient (Wildman–Crippen LogP) is 4.61. The minimum absolute atomic E-state index is 0.188. The number of carbonyl (C=O) groups excluding carboxylic acids is 1.